The molecule has 10 heteroatoms. The van der Waals surface area contributed by atoms with Crippen molar-refractivity contribution in [2.45, 2.75) is 24.0 Å². The minimum absolute atomic E-state index is 0.0743. The average molecular weight is 632 g/mol. The van der Waals surface area contributed by atoms with Crippen LogP contribution in [0.3, 0.4) is 0 Å². The first-order valence-corrected chi connectivity index (χ1v) is 15.5. The Morgan fingerprint density at radius 1 is 0.804 bits per heavy atom. The second-order valence-corrected chi connectivity index (χ2v) is 11.9. The zero-order valence-corrected chi connectivity index (χ0v) is 26.4. The number of para-hydroxylation sites is 1. The van der Waals surface area contributed by atoms with E-state index in [-0.39, 0.29) is 22.9 Å². The summed E-state index contributed by atoms with van der Waals surface area (Å²) in [6.07, 6.45) is 1.61. The molecule has 0 saturated heterocycles. The van der Waals surface area contributed by atoms with Gasteiger partial charge in [-0.3, -0.25) is 23.9 Å². The van der Waals surface area contributed by atoms with E-state index < -0.39 is 17.1 Å². The number of anilines is 2. The predicted octanol–water partition coefficient (Wildman–Crippen LogP) is 6.01. The maximum Gasteiger partial charge on any atom is 0.295 e. The summed E-state index contributed by atoms with van der Waals surface area (Å²) in [4.78, 5) is 53.5. The molecule has 0 bridgehead atoms. The van der Waals surface area contributed by atoms with Gasteiger partial charge in [-0.05, 0) is 68.0 Å². The van der Waals surface area contributed by atoms with Crippen LogP contribution in [0, 0.1) is 6.92 Å². The molecular formula is C36H33N5O4S. The molecule has 9 nitrogen and oxygen atoms in total. The largest absolute Gasteiger partial charge is 0.321 e. The van der Waals surface area contributed by atoms with Gasteiger partial charge in [-0.1, -0.05) is 72.8 Å². The zero-order chi connectivity index (χ0) is 32.6. The molecule has 3 N–H and O–H groups in total. The van der Waals surface area contributed by atoms with Crippen molar-refractivity contribution in [3.63, 3.8) is 0 Å². The van der Waals surface area contributed by atoms with E-state index >= 15 is 0 Å². The minimum atomic E-state index is -0.561. The Morgan fingerprint density at radius 3 is 2.11 bits per heavy atom. The number of nitrogens with one attached hydrogen (secondary N) is 3. The third-order valence-electron chi connectivity index (χ3n) is 7.22. The molecule has 0 aliphatic heterocycles. The number of nitrogens with zero attached hydrogens (tertiary/aromatic N) is 2. The average Bonchev–Trinajstić information content (AvgIpc) is 3.28. The Kier molecular flexibility index (Phi) is 9.99. The van der Waals surface area contributed by atoms with Crippen molar-refractivity contribution in [2.24, 2.45) is 7.05 Å². The lowest BCUT2D eigenvalue weighted by atomic mass is 10.1. The van der Waals surface area contributed by atoms with E-state index in [1.165, 1.54) is 16.4 Å². The number of benzene rings is 4. The number of amides is 3. The molecule has 5 aromatic rings. The van der Waals surface area contributed by atoms with Crippen LogP contribution in [0.15, 0.2) is 131 Å². The summed E-state index contributed by atoms with van der Waals surface area (Å²) in [5.41, 5.74) is 2.95. The molecule has 3 amide bonds. The Bertz CT molecular complexity index is 1950. The summed E-state index contributed by atoms with van der Waals surface area (Å²) in [6.45, 7) is 3.53. The van der Waals surface area contributed by atoms with Crippen LogP contribution in [0.5, 0.6) is 0 Å². The fraction of sp³-hybridized carbons (Fsp3) is 0.111. The molecule has 1 aromatic heterocycles. The summed E-state index contributed by atoms with van der Waals surface area (Å²) >= 11 is 1.29. The first-order valence-electron chi connectivity index (χ1n) is 14.6. The van der Waals surface area contributed by atoms with Gasteiger partial charge in [0.05, 0.1) is 16.6 Å². The van der Waals surface area contributed by atoms with Gasteiger partial charge < -0.3 is 16.0 Å². The highest BCUT2D eigenvalue weighted by Gasteiger charge is 2.22. The van der Waals surface area contributed by atoms with Crippen LogP contribution >= 0.6 is 11.8 Å². The van der Waals surface area contributed by atoms with E-state index in [0.29, 0.717) is 22.6 Å². The molecule has 1 heterocycles. The molecule has 0 radical (unpaired) electrons. The fourth-order valence-corrected chi connectivity index (χ4v) is 5.63. The van der Waals surface area contributed by atoms with Crippen LogP contribution in [0.1, 0.15) is 28.5 Å². The highest BCUT2D eigenvalue weighted by atomic mass is 32.2. The second-order valence-electron chi connectivity index (χ2n) is 10.5. The third kappa shape index (κ3) is 7.54. The lowest BCUT2D eigenvalue weighted by Gasteiger charge is -2.14. The van der Waals surface area contributed by atoms with Gasteiger partial charge in [0.2, 0.25) is 5.91 Å². The molecule has 0 fully saturated rings. The van der Waals surface area contributed by atoms with Gasteiger partial charge in [0, 0.05) is 23.2 Å². The molecule has 0 aliphatic carbocycles. The number of hydrogen-bond acceptors (Lipinski definition) is 5. The predicted molar refractivity (Wildman–Crippen MR) is 183 cm³/mol. The van der Waals surface area contributed by atoms with Gasteiger partial charge >= 0.3 is 0 Å². The number of aromatic nitrogens is 2. The van der Waals surface area contributed by atoms with Gasteiger partial charge in [0.15, 0.2) is 0 Å². The molecule has 1 unspecified atom stereocenters. The number of carbonyl (C=O) groups is 3. The van der Waals surface area contributed by atoms with Crippen LogP contribution < -0.4 is 21.5 Å². The molecule has 4 aromatic carbocycles. The van der Waals surface area contributed by atoms with Crippen LogP contribution in [-0.4, -0.2) is 32.3 Å². The van der Waals surface area contributed by atoms with Gasteiger partial charge in [0.1, 0.15) is 11.4 Å². The third-order valence-corrected chi connectivity index (χ3v) is 8.31. The number of carbonyl (C=O) groups excluding carboxylic acids is 3. The number of rotatable bonds is 10. The lowest BCUT2D eigenvalue weighted by molar-refractivity contribution is -0.115. The van der Waals surface area contributed by atoms with Gasteiger partial charge in [-0.25, -0.2) is 4.68 Å². The SMILES string of the molecule is Cc1c(NC(=O)C(C)Sc2cccc(NC(=O)/C(=C/c3ccccc3)NC(=O)c3ccccc3)c2)c(=O)n(-c2ccccc2)n1C. The molecule has 46 heavy (non-hydrogen) atoms. The Labute approximate surface area is 270 Å². The zero-order valence-electron chi connectivity index (χ0n) is 25.6. The molecule has 5 rings (SSSR count). The van der Waals surface area contributed by atoms with Gasteiger partial charge in [0.25, 0.3) is 17.4 Å². The van der Waals surface area contributed by atoms with Crippen molar-refractivity contribution < 1.29 is 14.4 Å². The van der Waals surface area contributed by atoms with Gasteiger partial charge in [-0.15, -0.1) is 11.8 Å². The lowest BCUT2D eigenvalue weighted by Crippen LogP contribution is -2.30. The first kappa shape index (κ1) is 31.8. The minimum Gasteiger partial charge on any atom is -0.321 e. The topological polar surface area (TPSA) is 114 Å². The molecule has 0 saturated carbocycles. The van der Waals surface area contributed by atoms with E-state index in [1.54, 1.807) is 74.1 Å². The normalized spacial score (nSPS) is 11.8. The van der Waals surface area contributed by atoms with E-state index in [9.17, 15) is 19.2 Å². The van der Waals surface area contributed by atoms with Crippen LogP contribution in [0.25, 0.3) is 11.8 Å². The summed E-state index contributed by atoms with van der Waals surface area (Å²) in [5, 5.41) is 7.85. The van der Waals surface area contributed by atoms with E-state index in [0.717, 1.165) is 10.5 Å². The highest BCUT2D eigenvalue weighted by Crippen LogP contribution is 2.27. The summed E-state index contributed by atoms with van der Waals surface area (Å²) < 4.78 is 3.22. The standard InChI is InChI=1S/C36H33N5O4S/c1-24-32(36(45)41(40(24)3)29-19-11-6-12-20-29)39-33(42)25(2)46-30-21-13-18-28(23-30)37-35(44)31(22-26-14-7-4-8-15-26)38-34(43)27-16-9-5-10-17-27/h4-23,25H,1-3H3,(H,37,44)(H,38,43)(H,39,42)/b31-22-. The maximum absolute atomic E-state index is 13.4. The molecule has 232 valence electrons. The molecular weight excluding hydrogens is 598 g/mol. The fourth-order valence-electron chi connectivity index (χ4n) is 4.70. The second kappa shape index (κ2) is 14.4. The van der Waals surface area contributed by atoms with E-state index in [1.807, 2.05) is 72.8 Å². The Hall–Kier alpha value is -5.61. The molecule has 0 aliphatic rings. The maximum atomic E-state index is 13.4. The number of hydrogen-bond donors (Lipinski definition) is 3. The number of thioether (sulfide) groups is 1. The molecule has 1 atom stereocenters. The monoisotopic (exact) mass is 631 g/mol. The smallest absolute Gasteiger partial charge is 0.295 e. The van der Waals surface area contributed by atoms with Crippen molar-refractivity contribution in [3.05, 3.63) is 148 Å². The van der Waals surface area contributed by atoms with Gasteiger partial charge in [-0.2, -0.15) is 0 Å². The van der Waals surface area contributed by atoms with Crippen molar-refractivity contribution >= 4 is 46.9 Å². The van der Waals surface area contributed by atoms with E-state index in [2.05, 4.69) is 16.0 Å². The molecule has 0 spiro atoms. The summed E-state index contributed by atoms with van der Waals surface area (Å²) in [6, 6.07) is 34.2. The van der Waals surface area contributed by atoms with Crippen molar-refractivity contribution in [2.75, 3.05) is 10.6 Å². The Balaban J connectivity index is 1.29. The van der Waals surface area contributed by atoms with Crippen molar-refractivity contribution in [1.29, 1.82) is 0 Å². The summed E-state index contributed by atoms with van der Waals surface area (Å²) in [7, 11) is 1.77. The van der Waals surface area contributed by atoms with Crippen molar-refractivity contribution in [1.82, 2.24) is 14.7 Å². The van der Waals surface area contributed by atoms with Crippen LogP contribution in [-0.2, 0) is 16.6 Å². The highest BCUT2D eigenvalue weighted by molar-refractivity contribution is 8.00. The van der Waals surface area contributed by atoms with Crippen LogP contribution in [0.2, 0.25) is 0 Å². The first-order chi connectivity index (χ1) is 22.2. The Morgan fingerprint density at radius 2 is 1.43 bits per heavy atom. The quantitative estimate of drug-likeness (QED) is 0.129. The van der Waals surface area contributed by atoms with E-state index in [4.69, 9.17) is 0 Å². The van der Waals surface area contributed by atoms with Crippen LogP contribution in [0.4, 0.5) is 11.4 Å². The van der Waals surface area contributed by atoms with Crippen molar-refractivity contribution in [3.8, 4) is 5.69 Å². The summed E-state index contributed by atoms with van der Waals surface area (Å²) in [5.74, 6) is -1.25.